The molecule has 0 atom stereocenters. The number of hydrazone groups is 1. The Labute approximate surface area is 166 Å². The molecule has 0 aliphatic heterocycles. The van der Waals surface area contributed by atoms with E-state index in [0.29, 0.717) is 27.5 Å². The van der Waals surface area contributed by atoms with Crippen molar-refractivity contribution in [1.29, 1.82) is 0 Å². The first kappa shape index (κ1) is 19.8. The largest absolute Gasteiger partial charge is 0.496 e. The summed E-state index contributed by atoms with van der Waals surface area (Å²) in [7, 11) is 1.59. The average Bonchev–Trinajstić information content (AvgIpc) is 2.93. The second kappa shape index (κ2) is 7.93. The maximum Gasteiger partial charge on any atom is 0.259 e. The molecule has 2 N–H and O–H groups in total. The van der Waals surface area contributed by atoms with E-state index in [1.165, 1.54) is 11.3 Å². The smallest absolute Gasteiger partial charge is 0.259 e. The fourth-order valence-electron chi connectivity index (χ4n) is 2.89. The van der Waals surface area contributed by atoms with Crippen LogP contribution >= 0.6 is 11.3 Å². The predicted octanol–water partition coefficient (Wildman–Crippen LogP) is 3.00. The number of carbonyl (C=O) groups excluding carboxylic acids is 1. The van der Waals surface area contributed by atoms with Crippen LogP contribution in [-0.4, -0.2) is 28.7 Å². The number of carbonyl (C=O) groups is 1. The third-order valence-electron chi connectivity index (χ3n) is 4.51. The molecule has 0 spiro atoms. The van der Waals surface area contributed by atoms with Crippen molar-refractivity contribution in [3.8, 4) is 5.75 Å². The molecule has 0 fully saturated rings. The van der Waals surface area contributed by atoms with Crippen molar-refractivity contribution in [2.24, 2.45) is 5.10 Å². The van der Waals surface area contributed by atoms with Gasteiger partial charge in [0.15, 0.2) is 0 Å². The molecule has 3 aromatic rings. The lowest BCUT2D eigenvalue weighted by Gasteiger charge is -2.09. The topological polar surface area (TPSA) is 96.4 Å². The van der Waals surface area contributed by atoms with Crippen molar-refractivity contribution < 1.29 is 9.53 Å². The first-order valence-corrected chi connectivity index (χ1v) is 9.58. The van der Waals surface area contributed by atoms with Gasteiger partial charge in [0, 0.05) is 10.4 Å². The number of rotatable bonds is 5. The summed E-state index contributed by atoms with van der Waals surface area (Å²) in [4.78, 5) is 33.4. The minimum atomic E-state index is -0.363. The first-order chi connectivity index (χ1) is 13.3. The Bertz CT molecular complexity index is 1140. The molecule has 7 nitrogen and oxygen atoms in total. The van der Waals surface area contributed by atoms with Crippen LogP contribution in [0.5, 0.6) is 5.75 Å². The maximum atomic E-state index is 12.3. The third kappa shape index (κ3) is 3.96. The van der Waals surface area contributed by atoms with E-state index in [9.17, 15) is 9.59 Å². The number of fused-ring (bicyclic) bond motifs is 1. The van der Waals surface area contributed by atoms with Gasteiger partial charge in [-0.05, 0) is 45.4 Å². The molecule has 0 saturated heterocycles. The fraction of sp³-hybridized carbons (Fsp3) is 0.300. The Morgan fingerprint density at radius 1 is 1.32 bits per heavy atom. The van der Waals surface area contributed by atoms with E-state index in [0.717, 1.165) is 21.6 Å². The van der Waals surface area contributed by atoms with Gasteiger partial charge in [0.25, 0.3) is 5.56 Å². The van der Waals surface area contributed by atoms with E-state index >= 15 is 0 Å². The van der Waals surface area contributed by atoms with Crippen molar-refractivity contribution >= 4 is 33.2 Å². The summed E-state index contributed by atoms with van der Waals surface area (Å²) in [6.07, 6.45) is -0.0666. The number of ether oxygens (including phenoxy) is 1. The lowest BCUT2D eigenvalue weighted by Crippen LogP contribution is -2.24. The molecule has 0 radical (unpaired) electrons. The molecule has 3 rings (SSSR count). The normalized spacial score (nSPS) is 11.7. The highest BCUT2D eigenvalue weighted by molar-refractivity contribution is 7.18. The molecule has 146 valence electrons. The molecule has 1 amide bonds. The van der Waals surface area contributed by atoms with Crippen molar-refractivity contribution in [1.82, 2.24) is 15.4 Å². The van der Waals surface area contributed by atoms with Crippen molar-refractivity contribution in [3.05, 3.63) is 55.9 Å². The number of amides is 1. The van der Waals surface area contributed by atoms with Gasteiger partial charge in [-0.1, -0.05) is 11.6 Å². The van der Waals surface area contributed by atoms with E-state index in [-0.39, 0.29) is 17.9 Å². The highest BCUT2D eigenvalue weighted by Gasteiger charge is 2.14. The average molecular weight is 398 g/mol. The molecular formula is C20H22N4O3S. The van der Waals surface area contributed by atoms with Gasteiger partial charge in [0.1, 0.15) is 16.4 Å². The molecule has 2 aromatic heterocycles. The SMILES string of the molecule is COc1ccc(C)cc1/C(C)=N\NC(=O)Cc1nc2sc(C)c(C)c2c(=O)[nH]1. The molecule has 0 aliphatic rings. The lowest BCUT2D eigenvalue weighted by molar-refractivity contribution is -0.120. The molecular weight excluding hydrogens is 376 g/mol. The number of methoxy groups -OCH3 is 1. The first-order valence-electron chi connectivity index (χ1n) is 8.77. The predicted molar refractivity (Wildman–Crippen MR) is 112 cm³/mol. The van der Waals surface area contributed by atoms with Crippen LogP contribution < -0.4 is 15.7 Å². The minimum absolute atomic E-state index is 0.0666. The number of nitrogens with one attached hydrogen (secondary N) is 2. The number of aryl methyl sites for hydroxylation is 3. The highest BCUT2D eigenvalue weighted by atomic mass is 32.1. The molecule has 0 bridgehead atoms. The molecule has 28 heavy (non-hydrogen) atoms. The number of H-pyrrole nitrogens is 1. The Morgan fingerprint density at radius 2 is 2.07 bits per heavy atom. The van der Waals surface area contributed by atoms with Crippen LogP contribution in [-0.2, 0) is 11.2 Å². The van der Waals surface area contributed by atoms with Crippen molar-refractivity contribution in [2.45, 2.75) is 34.1 Å². The van der Waals surface area contributed by atoms with E-state index in [1.807, 2.05) is 39.0 Å². The van der Waals surface area contributed by atoms with Gasteiger partial charge in [0.05, 0.1) is 24.6 Å². The standard InChI is InChI=1S/C20H22N4O3S/c1-10-6-7-15(27-5)14(8-10)12(3)23-24-17(25)9-16-21-19(26)18-11(2)13(4)28-20(18)22-16/h6-8H,9H2,1-5H3,(H,24,25)(H,21,22,26)/b23-12-. The van der Waals surface area contributed by atoms with Crippen LogP contribution in [0.4, 0.5) is 0 Å². The van der Waals surface area contributed by atoms with E-state index < -0.39 is 0 Å². The summed E-state index contributed by atoms with van der Waals surface area (Å²) in [5, 5.41) is 4.75. The van der Waals surface area contributed by atoms with Gasteiger partial charge in [-0.2, -0.15) is 5.10 Å². The zero-order chi connectivity index (χ0) is 20.4. The van der Waals surface area contributed by atoms with Gasteiger partial charge in [-0.15, -0.1) is 11.3 Å². The third-order valence-corrected chi connectivity index (χ3v) is 5.61. The summed E-state index contributed by atoms with van der Waals surface area (Å²) in [6, 6.07) is 5.75. The number of aromatic amines is 1. The molecule has 0 aliphatic carbocycles. The molecule has 2 heterocycles. The zero-order valence-corrected chi connectivity index (χ0v) is 17.3. The van der Waals surface area contributed by atoms with Crippen LogP contribution in [0, 0.1) is 20.8 Å². The van der Waals surface area contributed by atoms with Gasteiger partial charge < -0.3 is 9.72 Å². The molecule has 8 heteroatoms. The number of aromatic nitrogens is 2. The Kier molecular flexibility index (Phi) is 5.60. The Balaban J connectivity index is 1.77. The minimum Gasteiger partial charge on any atom is -0.496 e. The summed E-state index contributed by atoms with van der Waals surface area (Å²) in [5.41, 5.74) is 5.71. The van der Waals surface area contributed by atoms with E-state index in [4.69, 9.17) is 4.74 Å². The maximum absolute atomic E-state index is 12.3. The van der Waals surface area contributed by atoms with Crippen molar-refractivity contribution in [2.75, 3.05) is 7.11 Å². The van der Waals surface area contributed by atoms with Gasteiger partial charge in [-0.25, -0.2) is 10.4 Å². The quantitative estimate of drug-likeness (QED) is 0.510. The van der Waals surface area contributed by atoms with Crippen LogP contribution in [0.25, 0.3) is 10.2 Å². The molecule has 0 unspecified atom stereocenters. The fourth-order valence-corrected chi connectivity index (χ4v) is 3.93. The van der Waals surface area contributed by atoms with Gasteiger partial charge >= 0.3 is 0 Å². The molecule has 1 aromatic carbocycles. The summed E-state index contributed by atoms with van der Waals surface area (Å²) >= 11 is 1.45. The number of hydrogen-bond acceptors (Lipinski definition) is 6. The van der Waals surface area contributed by atoms with Crippen LogP contribution in [0.15, 0.2) is 28.1 Å². The highest BCUT2D eigenvalue weighted by Crippen LogP contribution is 2.25. The van der Waals surface area contributed by atoms with Gasteiger partial charge in [-0.3, -0.25) is 9.59 Å². The number of benzene rings is 1. The number of thiophene rings is 1. The summed E-state index contributed by atoms with van der Waals surface area (Å²) < 4.78 is 5.35. The van der Waals surface area contributed by atoms with Crippen LogP contribution in [0.1, 0.15) is 34.3 Å². The molecule has 0 saturated carbocycles. The second-order valence-electron chi connectivity index (χ2n) is 6.59. The summed E-state index contributed by atoms with van der Waals surface area (Å²) in [6.45, 7) is 7.61. The van der Waals surface area contributed by atoms with Gasteiger partial charge in [0.2, 0.25) is 5.91 Å². The zero-order valence-electron chi connectivity index (χ0n) is 16.5. The van der Waals surface area contributed by atoms with E-state index in [1.54, 1.807) is 14.0 Å². The van der Waals surface area contributed by atoms with Crippen LogP contribution in [0.2, 0.25) is 0 Å². The van der Waals surface area contributed by atoms with E-state index in [2.05, 4.69) is 20.5 Å². The summed E-state index contributed by atoms with van der Waals surface area (Å²) in [5.74, 6) is 0.636. The van der Waals surface area contributed by atoms with Crippen molar-refractivity contribution in [3.63, 3.8) is 0 Å². The second-order valence-corrected chi connectivity index (χ2v) is 7.79. The number of hydrogen-bond donors (Lipinski definition) is 2. The lowest BCUT2D eigenvalue weighted by atomic mass is 10.1. The number of nitrogens with zero attached hydrogens (tertiary/aromatic N) is 2. The van der Waals surface area contributed by atoms with Crippen LogP contribution in [0.3, 0.4) is 0 Å². The Hall–Kier alpha value is -3.00. The Morgan fingerprint density at radius 3 is 2.79 bits per heavy atom. The monoisotopic (exact) mass is 398 g/mol.